The maximum atomic E-state index is 13.0. The number of hydrogen-bond donors (Lipinski definition) is 6. The van der Waals surface area contributed by atoms with Crippen LogP contribution in [0.3, 0.4) is 0 Å². The first-order valence-corrected chi connectivity index (χ1v) is 31.3. The molecule has 6 N–H and O–H groups in total. The Labute approximate surface area is 505 Å². The zero-order chi connectivity index (χ0) is 61.4. The Morgan fingerprint density at radius 2 is 0.824 bits per heavy atom. The van der Waals surface area contributed by atoms with E-state index < -0.39 is 29.7 Å². The molecule has 0 aromatic heterocycles. The van der Waals surface area contributed by atoms with Gasteiger partial charge < -0.3 is 69.6 Å². The van der Waals surface area contributed by atoms with Crippen molar-refractivity contribution in [1.29, 1.82) is 0 Å². The van der Waals surface area contributed by atoms with E-state index in [1.165, 1.54) is 56.1 Å². The van der Waals surface area contributed by atoms with Gasteiger partial charge in [0, 0.05) is 64.2 Å². The van der Waals surface area contributed by atoms with Crippen molar-refractivity contribution < 1.29 is 76.6 Å². The Morgan fingerprint density at radius 3 is 1.26 bits per heavy atom. The van der Waals surface area contributed by atoms with Crippen molar-refractivity contribution >= 4 is 41.7 Å². The first-order valence-electron chi connectivity index (χ1n) is 31.3. The smallest absolute Gasteiger partial charge is 0.407 e. The van der Waals surface area contributed by atoms with Gasteiger partial charge in [0.2, 0.25) is 23.6 Å². The van der Waals surface area contributed by atoms with Crippen LogP contribution in [0.1, 0.15) is 179 Å². The molecule has 2 aromatic carbocycles. The minimum absolute atomic E-state index is 0.00189. The lowest BCUT2D eigenvalue weighted by Crippen LogP contribution is -2.44. The Balaban J connectivity index is 1.02. The largest absolute Gasteiger partial charge is 0.481 e. The molecular formula is C64H103N5O16. The van der Waals surface area contributed by atoms with Gasteiger partial charge in [-0.15, -0.1) is 0 Å². The van der Waals surface area contributed by atoms with Crippen LogP contribution in [0.5, 0.6) is 0 Å². The third kappa shape index (κ3) is 38.1. The van der Waals surface area contributed by atoms with Crippen molar-refractivity contribution in [2.75, 3.05) is 112 Å². The van der Waals surface area contributed by atoms with Gasteiger partial charge in [-0.3, -0.25) is 24.0 Å². The zero-order valence-electron chi connectivity index (χ0n) is 51.4. The van der Waals surface area contributed by atoms with E-state index in [4.69, 9.17) is 43.0 Å². The number of aliphatic carboxylic acids is 1. The van der Waals surface area contributed by atoms with Gasteiger partial charge in [-0.2, -0.15) is 0 Å². The third-order valence-electron chi connectivity index (χ3n) is 13.8. The highest BCUT2D eigenvalue weighted by molar-refractivity contribution is 5.84. The number of nitrogens with one attached hydrogen (secondary N) is 5. The molecule has 21 nitrogen and oxygen atoms in total. The number of amides is 5. The van der Waals surface area contributed by atoms with Crippen LogP contribution < -0.4 is 26.6 Å². The molecule has 1 aliphatic carbocycles. The van der Waals surface area contributed by atoms with Crippen LogP contribution >= 0.6 is 0 Å². The van der Waals surface area contributed by atoms with Crippen LogP contribution in [0, 0.1) is 0 Å². The van der Waals surface area contributed by atoms with E-state index in [2.05, 4.69) is 50.8 Å². The standard InChI is InChI=1S/C64H103N5O16/c1-64(2,3)85-62(76)56(69-60(73)29-16-14-12-10-8-6-4-5-7-9-11-13-15-17-30-61(74)75)28-22-23-34-65-57(70)31-38-78-44-47-81-41-35-66-58(71)32-39-79-45-48-82-42-36-67-59(72)33-40-80-46-49-83-43-37-68-63(77)84-50-55-53-26-20-18-24-51(53)52-25-19-21-27-54(52)55/h18-21,24-27,55-56H,4-17,22-23,28-50H2,1-3H3,(H,65,70)(H,66,71)(H,67,72)(H,68,77)(H,69,73)(H,74,75). The minimum atomic E-state index is -0.749. The molecule has 0 spiro atoms. The number of benzene rings is 2. The molecule has 1 atom stereocenters. The number of fused-ring (bicyclic) bond motifs is 3. The molecule has 0 heterocycles. The van der Waals surface area contributed by atoms with Crippen LogP contribution in [0.25, 0.3) is 11.1 Å². The second-order valence-corrected chi connectivity index (χ2v) is 22.2. The van der Waals surface area contributed by atoms with Gasteiger partial charge in [0.05, 0.1) is 79.3 Å². The Kier molecular flexibility index (Phi) is 41.0. The van der Waals surface area contributed by atoms with Crippen molar-refractivity contribution in [2.24, 2.45) is 0 Å². The third-order valence-corrected chi connectivity index (χ3v) is 13.8. The molecule has 2 aromatic rings. The number of rotatable bonds is 53. The average Bonchev–Trinajstić information content (AvgIpc) is 3.39. The lowest BCUT2D eigenvalue weighted by atomic mass is 9.98. The molecule has 85 heavy (non-hydrogen) atoms. The van der Waals surface area contributed by atoms with Gasteiger partial charge in [-0.1, -0.05) is 126 Å². The predicted octanol–water partition coefficient (Wildman–Crippen LogP) is 8.47. The van der Waals surface area contributed by atoms with Gasteiger partial charge in [-0.05, 0) is 75.1 Å². The summed E-state index contributed by atoms with van der Waals surface area (Å²) < 4.78 is 44.1. The fraction of sp³-hybridized carbons (Fsp3) is 0.703. The highest BCUT2D eigenvalue weighted by Gasteiger charge is 2.29. The first kappa shape index (κ1) is 73.5. The number of ether oxygens (including phenoxy) is 8. The molecule has 1 aliphatic rings. The average molecular weight is 1200 g/mol. The molecule has 0 bridgehead atoms. The number of carboxylic acids is 1. The van der Waals surface area contributed by atoms with E-state index in [0.29, 0.717) is 111 Å². The summed E-state index contributed by atoms with van der Waals surface area (Å²) in [6, 6.07) is 15.6. The molecule has 21 heteroatoms. The summed E-state index contributed by atoms with van der Waals surface area (Å²) in [6.45, 7) is 10.5. The molecular weight excluding hydrogens is 1090 g/mol. The van der Waals surface area contributed by atoms with E-state index in [9.17, 15) is 33.6 Å². The van der Waals surface area contributed by atoms with Crippen molar-refractivity contribution in [1.82, 2.24) is 26.6 Å². The van der Waals surface area contributed by atoms with Gasteiger partial charge in [0.1, 0.15) is 18.2 Å². The van der Waals surface area contributed by atoms with E-state index in [0.717, 1.165) is 56.1 Å². The fourth-order valence-corrected chi connectivity index (χ4v) is 9.40. The van der Waals surface area contributed by atoms with E-state index in [-0.39, 0.29) is 81.7 Å². The zero-order valence-corrected chi connectivity index (χ0v) is 51.4. The van der Waals surface area contributed by atoms with Crippen molar-refractivity contribution in [3.05, 3.63) is 59.7 Å². The minimum Gasteiger partial charge on any atom is -0.481 e. The summed E-state index contributed by atoms with van der Waals surface area (Å²) in [7, 11) is 0. The van der Waals surface area contributed by atoms with Crippen LogP contribution in [0.4, 0.5) is 4.79 Å². The van der Waals surface area contributed by atoms with Gasteiger partial charge in [-0.25, -0.2) is 9.59 Å². The normalized spacial score (nSPS) is 12.2. The molecule has 0 saturated heterocycles. The molecule has 3 rings (SSSR count). The van der Waals surface area contributed by atoms with Gasteiger partial charge in [0.25, 0.3) is 0 Å². The topological polar surface area (TPSA) is 274 Å². The second kappa shape index (κ2) is 47.4. The number of carbonyl (C=O) groups is 7. The number of carboxylic acid groups (broad SMARTS) is 1. The summed E-state index contributed by atoms with van der Waals surface area (Å²) >= 11 is 0. The Bertz CT molecular complexity index is 2130. The fourth-order valence-electron chi connectivity index (χ4n) is 9.40. The number of carbonyl (C=O) groups excluding carboxylic acids is 6. The molecule has 0 fully saturated rings. The lowest BCUT2D eigenvalue weighted by molar-refractivity contribution is -0.159. The summed E-state index contributed by atoms with van der Waals surface area (Å²) in [5, 5.41) is 22.7. The van der Waals surface area contributed by atoms with E-state index in [1.54, 1.807) is 20.8 Å². The number of hydrogen-bond acceptors (Lipinski definition) is 15. The van der Waals surface area contributed by atoms with Crippen LogP contribution in [-0.4, -0.2) is 170 Å². The molecule has 0 radical (unpaired) electrons. The Hall–Kier alpha value is -5.71. The number of alkyl carbamates (subject to hydrolysis) is 1. The van der Waals surface area contributed by atoms with Crippen molar-refractivity contribution in [3.8, 4) is 11.1 Å². The number of esters is 1. The maximum Gasteiger partial charge on any atom is 0.407 e. The highest BCUT2D eigenvalue weighted by atomic mass is 16.6. The number of unbranched alkanes of at least 4 members (excludes halogenated alkanes) is 14. The molecule has 1 unspecified atom stereocenters. The van der Waals surface area contributed by atoms with Gasteiger partial charge >= 0.3 is 18.0 Å². The molecule has 5 amide bonds. The van der Waals surface area contributed by atoms with E-state index >= 15 is 0 Å². The summed E-state index contributed by atoms with van der Waals surface area (Å²) in [6.07, 6.45) is 17.8. The summed E-state index contributed by atoms with van der Waals surface area (Å²) in [4.78, 5) is 85.2. The SMILES string of the molecule is CC(C)(C)OC(=O)C(CCCCNC(=O)CCOCCOCCNC(=O)CCOCCOCCNC(=O)CCOCCOCCNC(=O)OCC1c2ccccc2-c2ccccc21)NC(=O)CCCCCCCCCCCCCCCCC(=O)O. The molecule has 0 saturated carbocycles. The van der Waals surface area contributed by atoms with Crippen molar-refractivity contribution in [3.63, 3.8) is 0 Å². The lowest BCUT2D eigenvalue weighted by Gasteiger charge is -2.24. The monoisotopic (exact) mass is 1200 g/mol. The summed E-state index contributed by atoms with van der Waals surface area (Å²) in [5.41, 5.74) is 3.97. The molecule has 480 valence electrons. The Morgan fingerprint density at radius 1 is 0.435 bits per heavy atom. The quantitative estimate of drug-likeness (QED) is 0.0268. The van der Waals surface area contributed by atoms with Crippen molar-refractivity contribution in [2.45, 2.75) is 180 Å². The predicted molar refractivity (Wildman–Crippen MR) is 324 cm³/mol. The van der Waals surface area contributed by atoms with Crippen LogP contribution in [0.2, 0.25) is 0 Å². The molecule has 0 aliphatic heterocycles. The van der Waals surface area contributed by atoms with Gasteiger partial charge in [0.15, 0.2) is 0 Å². The first-order chi connectivity index (χ1) is 41.2. The van der Waals surface area contributed by atoms with E-state index in [1.807, 2.05) is 24.3 Å². The summed E-state index contributed by atoms with van der Waals surface area (Å²) in [5.74, 6) is -1.79. The second-order valence-electron chi connectivity index (χ2n) is 22.2. The van der Waals surface area contributed by atoms with Crippen LogP contribution in [-0.2, 0) is 66.7 Å². The maximum absolute atomic E-state index is 13.0. The van der Waals surface area contributed by atoms with Crippen LogP contribution in [0.15, 0.2) is 48.5 Å². The highest BCUT2D eigenvalue weighted by Crippen LogP contribution is 2.44.